The summed E-state index contributed by atoms with van der Waals surface area (Å²) in [7, 11) is -3.39. The van der Waals surface area contributed by atoms with Crippen molar-refractivity contribution >= 4 is 27.7 Å². The van der Waals surface area contributed by atoms with Gasteiger partial charge in [-0.25, -0.2) is 14.6 Å². The van der Waals surface area contributed by atoms with Gasteiger partial charge >= 0.3 is 0 Å². The summed E-state index contributed by atoms with van der Waals surface area (Å²) in [6.07, 6.45) is 5.19. The smallest absolute Gasteiger partial charge is 0.239 e. The molecule has 1 aliphatic heterocycles. The van der Waals surface area contributed by atoms with Crippen LogP contribution in [0.4, 0.5) is 0 Å². The number of carbonyl (C=O) groups excluding carboxylic acids is 1. The Kier molecular flexibility index (Phi) is 9.09. The Labute approximate surface area is 269 Å². The van der Waals surface area contributed by atoms with Gasteiger partial charge in [0.2, 0.25) is 17.7 Å². The molecule has 1 amide bonds. The van der Waals surface area contributed by atoms with E-state index >= 15 is 0 Å². The minimum atomic E-state index is -3.39. The van der Waals surface area contributed by atoms with E-state index in [2.05, 4.69) is 37.7 Å². The zero-order chi connectivity index (χ0) is 32.4. The summed E-state index contributed by atoms with van der Waals surface area (Å²) >= 11 is 0. The number of carbonyl (C=O) groups is 1. The van der Waals surface area contributed by atoms with Crippen LogP contribution < -0.4 is 10.1 Å². The standard InChI is InChI=1S/C33H39N7O5S/c1-5-25-20-39(46(42,43)29-8-7-13-35-33(29)45-25)19-24-16-23(10-9-21(24)3)27(17-30(41)36-18-31-34-14-15-44-31)26-11-12-28-32(22(26)4)37-38-40(28)6-2/h7-16,25,27,42-43H,5-6,17-20H2,1-4H3,(H,36,41). The van der Waals surface area contributed by atoms with Crippen molar-refractivity contribution in [1.82, 2.24) is 34.6 Å². The number of benzene rings is 2. The van der Waals surface area contributed by atoms with E-state index in [9.17, 15) is 13.9 Å². The van der Waals surface area contributed by atoms with Gasteiger partial charge in [-0.2, -0.15) is 4.31 Å². The molecular weight excluding hydrogens is 606 g/mol. The quantitative estimate of drug-likeness (QED) is 0.165. The highest BCUT2D eigenvalue weighted by Crippen LogP contribution is 2.57. The predicted octanol–water partition coefficient (Wildman–Crippen LogP) is 5.99. The fourth-order valence-corrected chi connectivity index (χ4v) is 7.51. The lowest BCUT2D eigenvalue weighted by molar-refractivity contribution is -0.121. The molecule has 46 heavy (non-hydrogen) atoms. The molecule has 0 aliphatic carbocycles. The van der Waals surface area contributed by atoms with Crippen molar-refractivity contribution in [2.75, 3.05) is 6.54 Å². The molecule has 5 aromatic rings. The van der Waals surface area contributed by atoms with E-state index in [1.165, 1.54) is 6.26 Å². The molecule has 0 radical (unpaired) electrons. The molecule has 2 aromatic carbocycles. The van der Waals surface area contributed by atoms with Crippen molar-refractivity contribution in [2.45, 2.75) is 77.1 Å². The molecule has 3 N–H and O–H groups in total. The van der Waals surface area contributed by atoms with Gasteiger partial charge in [0.25, 0.3) is 0 Å². The number of hydrogen-bond acceptors (Lipinski definition) is 10. The average Bonchev–Trinajstić information content (AvgIpc) is 3.72. The molecule has 2 atom stereocenters. The van der Waals surface area contributed by atoms with E-state index in [0.29, 0.717) is 25.4 Å². The third-order valence-corrected chi connectivity index (χ3v) is 10.5. The number of hydrogen-bond donors (Lipinski definition) is 3. The predicted molar refractivity (Wildman–Crippen MR) is 174 cm³/mol. The Morgan fingerprint density at radius 1 is 1.13 bits per heavy atom. The molecule has 0 saturated carbocycles. The summed E-state index contributed by atoms with van der Waals surface area (Å²) < 4.78 is 38.1. The summed E-state index contributed by atoms with van der Waals surface area (Å²) in [4.78, 5) is 22.1. The summed E-state index contributed by atoms with van der Waals surface area (Å²) in [5.74, 6) is 0.208. The van der Waals surface area contributed by atoms with E-state index in [4.69, 9.17) is 9.15 Å². The molecule has 1 aliphatic rings. The number of oxazole rings is 1. The first kappa shape index (κ1) is 31.7. The zero-order valence-corrected chi connectivity index (χ0v) is 27.2. The van der Waals surface area contributed by atoms with E-state index in [0.717, 1.165) is 38.9 Å². The van der Waals surface area contributed by atoms with E-state index < -0.39 is 10.8 Å². The second kappa shape index (κ2) is 13.2. The first-order valence-corrected chi connectivity index (χ1v) is 16.9. The number of pyridine rings is 1. The number of rotatable bonds is 10. The number of aryl methyl sites for hydroxylation is 3. The molecule has 0 saturated heterocycles. The van der Waals surface area contributed by atoms with Crippen molar-refractivity contribution in [2.24, 2.45) is 0 Å². The van der Waals surface area contributed by atoms with Crippen molar-refractivity contribution in [1.29, 1.82) is 0 Å². The summed E-state index contributed by atoms with van der Waals surface area (Å²) in [5.41, 5.74) is 6.50. The highest BCUT2D eigenvalue weighted by molar-refractivity contribution is 8.22. The van der Waals surface area contributed by atoms with Crippen LogP contribution >= 0.6 is 10.8 Å². The summed E-state index contributed by atoms with van der Waals surface area (Å²) in [5, 5.41) is 11.7. The van der Waals surface area contributed by atoms with Crippen LogP contribution in [-0.2, 0) is 24.4 Å². The van der Waals surface area contributed by atoms with Gasteiger partial charge in [0.05, 0.1) is 24.8 Å². The topological polar surface area (TPSA) is 152 Å². The van der Waals surface area contributed by atoms with Crippen LogP contribution in [0.1, 0.15) is 66.3 Å². The van der Waals surface area contributed by atoms with Crippen molar-refractivity contribution < 1.29 is 23.1 Å². The van der Waals surface area contributed by atoms with Gasteiger partial charge in [-0.05, 0) is 73.2 Å². The normalized spacial score (nSPS) is 17.6. The number of fused-ring (bicyclic) bond motifs is 2. The van der Waals surface area contributed by atoms with E-state index in [-0.39, 0.29) is 48.2 Å². The van der Waals surface area contributed by atoms with Gasteiger partial charge in [0.15, 0.2) is 0 Å². The second-order valence-corrected chi connectivity index (χ2v) is 13.5. The SMILES string of the molecule is CCC1CN(Cc2cc(C(CC(=O)NCc3ncco3)c3ccc4c(nnn4CC)c3C)ccc2C)S(O)(O)c2cccnc2O1. The molecule has 3 aromatic heterocycles. The van der Waals surface area contributed by atoms with Gasteiger partial charge in [-0.15, -0.1) is 15.9 Å². The van der Waals surface area contributed by atoms with Crippen LogP contribution in [0, 0.1) is 13.8 Å². The first-order valence-electron chi connectivity index (χ1n) is 15.4. The van der Waals surface area contributed by atoms with Crippen LogP contribution in [0.15, 0.2) is 70.4 Å². The van der Waals surface area contributed by atoms with Gasteiger partial charge in [-0.3, -0.25) is 13.9 Å². The number of amides is 1. The minimum Gasteiger partial charge on any atom is -0.472 e. The second-order valence-electron chi connectivity index (χ2n) is 11.5. The first-order chi connectivity index (χ1) is 22.2. The molecule has 13 heteroatoms. The number of nitrogens with one attached hydrogen (secondary N) is 1. The number of ether oxygens (including phenoxy) is 1. The van der Waals surface area contributed by atoms with Crippen LogP contribution in [0.25, 0.3) is 11.0 Å². The molecule has 242 valence electrons. The Bertz CT molecular complexity index is 1840. The lowest BCUT2D eigenvalue weighted by Crippen LogP contribution is -2.34. The molecule has 0 spiro atoms. The number of aromatic nitrogens is 5. The molecule has 2 unspecified atom stereocenters. The highest BCUT2D eigenvalue weighted by atomic mass is 32.3. The third-order valence-electron chi connectivity index (χ3n) is 8.62. The van der Waals surface area contributed by atoms with Gasteiger partial charge in [0, 0.05) is 31.6 Å². The molecule has 12 nitrogen and oxygen atoms in total. The molecule has 0 bridgehead atoms. The number of nitrogens with zero attached hydrogens (tertiary/aromatic N) is 6. The Balaban J connectivity index is 1.37. The highest BCUT2D eigenvalue weighted by Gasteiger charge is 2.36. The van der Waals surface area contributed by atoms with Gasteiger partial charge in [0.1, 0.15) is 22.8 Å². The molecule has 0 fully saturated rings. The summed E-state index contributed by atoms with van der Waals surface area (Å²) in [6.45, 7) is 9.51. The largest absolute Gasteiger partial charge is 0.472 e. The maximum Gasteiger partial charge on any atom is 0.239 e. The Morgan fingerprint density at radius 3 is 2.74 bits per heavy atom. The van der Waals surface area contributed by atoms with Crippen LogP contribution in [-0.4, -0.2) is 56.9 Å². The Hall–Kier alpha value is -4.30. The lowest BCUT2D eigenvalue weighted by atomic mass is 9.84. The van der Waals surface area contributed by atoms with Crippen LogP contribution in [0.3, 0.4) is 0 Å². The average molecular weight is 646 g/mol. The van der Waals surface area contributed by atoms with E-state index in [1.54, 1.807) is 28.8 Å². The molecule has 4 heterocycles. The van der Waals surface area contributed by atoms with Crippen molar-refractivity contribution in [3.8, 4) is 5.88 Å². The van der Waals surface area contributed by atoms with E-state index in [1.807, 2.05) is 50.6 Å². The Morgan fingerprint density at radius 2 is 1.98 bits per heavy atom. The monoisotopic (exact) mass is 645 g/mol. The maximum atomic E-state index is 13.4. The van der Waals surface area contributed by atoms with Crippen LogP contribution in [0.5, 0.6) is 5.88 Å². The molecular formula is C33H39N7O5S. The zero-order valence-electron chi connectivity index (χ0n) is 26.4. The lowest BCUT2D eigenvalue weighted by Gasteiger charge is -2.41. The van der Waals surface area contributed by atoms with Gasteiger partial charge in [-0.1, -0.05) is 36.4 Å². The fourth-order valence-electron chi connectivity index (χ4n) is 5.95. The minimum absolute atomic E-state index is 0.157. The third kappa shape index (κ3) is 6.23. The van der Waals surface area contributed by atoms with Crippen LogP contribution in [0.2, 0.25) is 0 Å². The van der Waals surface area contributed by atoms with Crippen molar-refractivity contribution in [3.63, 3.8) is 0 Å². The fraction of sp³-hybridized carbons (Fsp3) is 0.364. The molecule has 6 rings (SSSR count). The maximum absolute atomic E-state index is 13.4. The summed E-state index contributed by atoms with van der Waals surface area (Å²) in [6, 6.07) is 13.5. The van der Waals surface area contributed by atoms with Gasteiger partial charge < -0.3 is 14.5 Å². The van der Waals surface area contributed by atoms with Crippen molar-refractivity contribution in [3.05, 3.63) is 94.8 Å².